The fourth-order valence-corrected chi connectivity index (χ4v) is 3.71. The number of carbonyl (C=O) groups is 2. The molecule has 0 unspecified atom stereocenters. The molecule has 7 nitrogen and oxygen atoms in total. The number of piperazine rings is 1. The van der Waals surface area contributed by atoms with Crippen molar-refractivity contribution in [3.63, 3.8) is 0 Å². The monoisotopic (exact) mass is 439 g/mol. The zero-order valence-electron chi connectivity index (χ0n) is 17.0. The van der Waals surface area contributed by atoms with Crippen LogP contribution in [0.4, 0.5) is 11.4 Å². The lowest BCUT2D eigenvalue weighted by molar-refractivity contribution is 0.0743. The Labute approximate surface area is 185 Å². The molecule has 1 aliphatic rings. The van der Waals surface area contributed by atoms with Crippen molar-refractivity contribution in [3.05, 3.63) is 77.2 Å². The summed E-state index contributed by atoms with van der Waals surface area (Å²) in [7, 11) is 1.54. The molecular formula is C23H22ClN3O4. The van der Waals surface area contributed by atoms with Gasteiger partial charge in [0.25, 0.3) is 11.8 Å². The molecule has 160 valence electrons. The van der Waals surface area contributed by atoms with Crippen molar-refractivity contribution in [2.75, 3.05) is 43.5 Å². The third kappa shape index (κ3) is 4.67. The summed E-state index contributed by atoms with van der Waals surface area (Å²) in [5.74, 6) is 0.404. The van der Waals surface area contributed by atoms with Crippen LogP contribution in [0.5, 0.6) is 5.75 Å². The Balaban J connectivity index is 1.36. The molecule has 1 fully saturated rings. The van der Waals surface area contributed by atoms with Crippen LogP contribution < -0.4 is 15.0 Å². The van der Waals surface area contributed by atoms with Crippen molar-refractivity contribution in [2.45, 2.75) is 0 Å². The molecule has 0 aliphatic carbocycles. The highest BCUT2D eigenvalue weighted by atomic mass is 35.5. The van der Waals surface area contributed by atoms with Crippen LogP contribution in [0.25, 0.3) is 0 Å². The number of halogens is 1. The maximum absolute atomic E-state index is 12.9. The van der Waals surface area contributed by atoms with Crippen molar-refractivity contribution in [3.8, 4) is 5.75 Å². The number of hydrogen-bond acceptors (Lipinski definition) is 5. The average Bonchev–Trinajstić information content (AvgIpc) is 3.34. The number of methoxy groups -OCH3 is 1. The Morgan fingerprint density at radius 2 is 1.77 bits per heavy atom. The summed E-state index contributed by atoms with van der Waals surface area (Å²) >= 11 is 6.07. The maximum atomic E-state index is 12.9. The molecular weight excluding hydrogens is 418 g/mol. The van der Waals surface area contributed by atoms with E-state index in [1.54, 1.807) is 37.4 Å². The smallest absolute Gasteiger partial charge is 0.291 e. The number of nitrogens with zero attached hydrogens (tertiary/aromatic N) is 2. The van der Waals surface area contributed by atoms with Gasteiger partial charge in [0.15, 0.2) is 5.76 Å². The molecule has 2 heterocycles. The summed E-state index contributed by atoms with van der Waals surface area (Å²) in [5, 5.41) is 3.31. The van der Waals surface area contributed by atoms with E-state index < -0.39 is 0 Å². The Kier molecular flexibility index (Phi) is 6.13. The number of furan rings is 1. The molecule has 1 aliphatic heterocycles. The molecule has 0 atom stereocenters. The van der Waals surface area contributed by atoms with Crippen LogP contribution in [-0.2, 0) is 0 Å². The van der Waals surface area contributed by atoms with Crippen LogP contribution in [0, 0.1) is 0 Å². The highest BCUT2D eigenvalue weighted by molar-refractivity contribution is 6.31. The second kappa shape index (κ2) is 9.14. The average molecular weight is 440 g/mol. The largest absolute Gasteiger partial charge is 0.496 e. The van der Waals surface area contributed by atoms with Gasteiger partial charge < -0.3 is 24.3 Å². The fourth-order valence-electron chi connectivity index (χ4n) is 3.54. The normalized spacial score (nSPS) is 13.7. The first-order valence-electron chi connectivity index (χ1n) is 9.88. The molecule has 1 saturated heterocycles. The van der Waals surface area contributed by atoms with Crippen LogP contribution in [0.3, 0.4) is 0 Å². The number of benzene rings is 2. The summed E-state index contributed by atoms with van der Waals surface area (Å²) in [5.41, 5.74) is 2.19. The summed E-state index contributed by atoms with van der Waals surface area (Å²) in [6.07, 6.45) is 1.46. The maximum Gasteiger partial charge on any atom is 0.291 e. The van der Waals surface area contributed by atoms with Gasteiger partial charge in [0.1, 0.15) is 5.75 Å². The molecule has 3 aromatic rings. The van der Waals surface area contributed by atoms with E-state index in [0.717, 1.165) is 5.69 Å². The SMILES string of the molecule is COc1ccc(Cl)cc1C(=O)N1CCN(c2ccc(NC(=O)c3ccco3)cc2)CC1. The van der Waals surface area contributed by atoms with Gasteiger partial charge in [-0.1, -0.05) is 11.6 Å². The van der Waals surface area contributed by atoms with Crippen LogP contribution in [0.1, 0.15) is 20.9 Å². The number of nitrogens with one attached hydrogen (secondary N) is 1. The van der Waals surface area contributed by atoms with Gasteiger partial charge in [0.2, 0.25) is 0 Å². The summed E-state index contributed by atoms with van der Waals surface area (Å²) in [6.45, 7) is 2.58. The first kappa shape index (κ1) is 20.8. The molecule has 0 spiro atoms. The molecule has 0 saturated carbocycles. The van der Waals surface area contributed by atoms with Crippen LogP contribution in [0.15, 0.2) is 65.3 Å². The zero-order valence-corrected chi connectivity index (χ0v) is 17.8. The predicted octanol–water partition coefficient (Wildman–Crippen LogP) is 4.16. The highest BCUT2D eigenvalue weighted by Gasteiger charge is 2.24. The minimum absolute atomic E-state index is 0.0880. The quantitative estimate of drug-likeness (QED) is 0.646. The molecule has 1 N–H and O–H groups in total. The second-order valence-corrected chi connectivity index (χ2v) is 7.54. The standard InChI is InChI=1S/C23H22ClN3O4/c1-30-20-9-4-16(24)15-19(20)23(29)27-12-10-26(11-13-27)18-7-5-17(6-8-18)25-22(28)21-3-2-14-31-21/h2-9,14-15H,10-13H2,1H3,(H,25,28). The van der Waals surface area contributed by atoms with Gasteiger partial charge in [-0.25, -0.2) is 0 Å². The lowest BCUT2D eigenvalue weighted by Crippen LogP contribution is -2.48. The fraction of sp³-hybridized carbons (Fsp3) is 0.217. The van der Waals surface area contributed by atoms with Crippen molar-refractivity contribution in [1.29, 1.82) is 0 Å². The summed E-state index contributed by atoms with van der Waals surface area (Å²) in [6, 6.07) is 16.0. The predicted molar refractivity (Wildman–Crippen MR) is 119 cm³/mol. The topological polar surface area (TPSA) is 75.0 Å². The molecule has 1 aromatic heterocycles. The number of hydrogen-bond donors (Lipinski definition) is 1. The lowest BCUT2D eigenvalue weighted by Gasteiger charge is -2.36. The zero-order chi connectivity index (χ0) is 21.8. The van der Waals surface area contributed by atoms with Crippen LogP contribution in [0.2, 0.25) is 5.02 Å². The van der Waals surface area contributed by atoms with Gasteiger partial charge in [-0.05, 0) is 54.6 Å². The Morgan fingerprint density at radius 3 is 2.42 bits per heavy atom. The third-order valence-electron chi connectivity index (χ3n) is 5.19. The van der Waals surface area contributed by atoms with Gasteiger partial charge in [-0.3, -0.25) is 9.59 Å². The van der Waals surface area contributed by atoms with E-state index in [4.69, 9.17) is 20.8 Å². The van der Waals surface area contributed by atoms with E-state index in [2.05, 4.69) is 10.2 Å². The summed E-state index contributed by atoms with van der Waals surface area (Å²) < 4.78 is 10.4. The lowest BCUT2D eigenvalue weighted by atomic mass is 10.1. The minimum atomic E-state index is -0.290. The van der Waals surface area contributed by atoms with E-state index >= 15 is 0 Å². The van der Waals surface area contributed by atoms with Crippen LogP contribution >= 0.6 is 11.6 Å². The molecule has 0 bridgehead atoms. The van der Waals surface area contributed by atoms with Gasteiger partial charge in [0, 0.05) is 42.6 Å². The van der Waals surface area contributed by atoms with Crippen molar-refractivity contribution < 1.29 is 18.7 Å². The Bertz CT molecular complexity index is 1060. The number of amides is 2. The van der Waals surface area contributed by atoms with Gasteiger partial charge in [-0.2, -0.15) is 0 Å². The molecule has 0 radical (unpaired) electrons. The minimum Gasteiger partial charge on any atom is -0.496 e. The molecule has 4 rings (SSSR count). The van der Waals surface area contributed by atoms with E-state index in [0.29, 0.717) is 48.2 Å². The van der Waals surface area contributed by atoms with Gasteiger partial charge in [-0.15, -0.1) is 0 Å². The molecule has 2 aromatic carbocycles. The second-order valence-electron chi connectivity index (χ2n) is 7.10. The van der Waals surface area contributed by atoms with Gasteiger partial charge >= 0.3 is 0 Å². The van der Waals surface area contributed by atoms with Crippen molar-refractivity contribution in [2.24, 2.45) is 0 Å². The van der Waals surface area contributed by atoms with Crippen molar-refractivity contribution in [1.82, 2.24) is 4.90 Å². The van der Waals surface area contributed by atoms with E-state index in [-0.39, 0.29) is 17.6 Å². The molecule has 31 heavy (non-hydrogen) atoms. The first-order valence-corrected chi connectivity index (χ1v) is 10.3. The number of rotatable bonds is 5. The van der Waals surface area contributed by atoms with Gasteiger partial charge in [0.05, 0.1) is 18.9 Å². The van der Waals surface area contributed by atoms with E-state index in [9.17, 15) is 9.59 Å². The highest BCUT2D eigenvalue weighted by Crippen LogP contribution is 2.25. The molecule has 8 heteroatoms. The van der Waals surface area contributed by atoms with Crippen LogP contribution in [-0.4, -0.2) is 50.0 Å². The van der Waals surface area contributed by atoms with Crippen molar-refractivity contribution >= 4 is 34.8 Å². The number of ether oxygens (including phenoxy) is 1. The summed E-state index contributed by atoms with van der Waals surface area (Å²) in [4.78, 5) is 29.0. The van der Waals surface area contributed by atoms with E-state index in [1.807, 2.05) is 29.2 Å². The Morgan fingerprint density at radius 1 is 1.03 bits per heavy atom. The third-order valence-corrected chi connectivity index (χ3v) is 5.43. The van der Waals surface area contributed by atoms with E-state index in [1.165, 1.54) is 6.26 Å². The number of anilines is 2. The Hall–Kier alpha value is -3.45. The number of carbonyl (C=O) groups excluding carboxylic acids is 2. The first-order chi connectivity index (χ1) is 15.0. The molecule has 2 amide bonds.